The number of rotatable bonds is 6. The molecule has 0 aliphatic heterocycles. The minimum absolute atomic E-state index is 0.230. The predicted octanol–water partition coefficient (Wildman–Crippen LogP) is 4.52. The SMILES string of the molecule is Cc1ccc(CN(c2ccc(C(=O)Nc3ccccc3C)cc2)S(C)(=O)=O)cc1. The summed E-state index contributed by atoms with van der Waals surface area (Å²) in [6.07, 6.45) is 1.18. The van der Waals surface area contributed by atoms with Gasteiger partial charge in [-0.05, 0) is 55.3 Å². The summed E-state index contributed by atoms with van der Waals surface area (Å²) in [6.45, 7) is 4.14. The third-order valence-electron chi connectivity index (χ3n) is 4.66. The molecule has 0 aliphatic carbocycles. The topological polar surface area (TPSA) is 66.5 Å². The van der Waals surface area contributed by atoms with Crippen molar-refractivity contribution < 1.29 is 13.2 Å². The van der Waals surface area contributed by atoms with Gasteiger partial charge in [0.05, 0.1) is 18.5 Å². The van der Waals surface area contributed by atoms with Crippen LogP contribution in [0.1, 0.15) is 27.0 Å². The molecule has 1 N–H and O–H groups in total. The van der Waals surface area contributed by atoms with Gasteiger partial charge in [-0.25, -0.2) is 8.42 Å². The summed E-state index contributed by atoms with van der Waals surface area (Å²) in [5.41, 5.74) is 4.70. The van der Waals surface area contributed by atoms with Crippen molar-refractivity contribution in [1.29, 1.82) is 0 Å². The monoisotopic (exact) mass is 408 g/mol. The quantitative estimate of drug-likeness (QED) is 0.652. The molecule has 3 rings (SSSR count). The van der Waals surface area contributed by atoms with Crippen LogP contribution in [0.3, 0.4) is 0 Å². The minimum Gasteiger partial charge on any atom is -0.322 e. The summed E-state index contributed by atoms with van der Waals surface area (Å²) in [6, 6.07) is 21.9. The first-order valence-electron chi connectivity index (χ1n) is 9.24. The normalized spacial score (nSPS) is 11.1. The maximum Gasteiger partial charge on any atom is 0.255 e. The molecule has 29 heavy (non-hydrogen) atoms. The molecule has 0 atom stereocenters. The number of benzene rings is 3. The van der Waals surface area contributed by atoms with E-state index in [1.54, 1.807) is 24.3 Å². The zero-order valence-electron chi connectivity index (χ0n) is 16.7. The van der Waals surface area contributed by atoms with Gasteiger partial charge in [-0.1, -0.05) is 48.0 Å². The summed E-state index contributed by atoms with van der Waals surface area (Å²) in [5, 5.41) is 2.88. The number of para-hydroxylation sites is 1. The van der Waals surface area contributed by atoms with Crippen molar-refractivity contribution in [3.8, 4) is 0 Å². The Balaban J connectivity index is 1.81. The third-order valence-corrected chi connectivity index (χ3v) is 5.80. The summed E-state index contributed by atoms with van der Waals surface area (Å²) >= 11 is 0. The molecule has 0 aliphatic rings. The number of nitrogens with zero attached hydrogens (tertiary/aromatic N) is 1. The van der Waals surface area contributed by atoms with E-state index in [1.807, 2.05) is 62.4 Å². The van der Waals surface area contributed by atoms with Gasteiger partial charge in [-0.3, -0.25) is 9.10 Å². The van der Waals surface area contributed by atoms with Crippen LogP contribution in [0.5, 0.6) is 0 Å². The maximum absolute atomic E-state index is 12.5. The van der Waals surface area contributed by atoms with Gasteiger partial charge in [0.25, 0.3) is 5.91 Å². The number of hydrogen-bond acceptors (Lipinski definition) is 3. The summed E-state index contributed by atoms with van der Waals surface area (Å²) < 4.78 is 26.0. The van der Waals surface area contributed by atoms with Crippen LogP contribution in [0.2, 0.25) is 0 Å². The van der Waals surface area contributed by atoms with E-state index in [0.717, 1.165) is 22.4 Å². The van der Waals surface area contributed by atoms with E-state index >= 15 is 0 Å². The number of aryl methyl sites for hydroxylation is 2. The van der Waals surface area contributed by atoms with Gasteiger partial charge in [0.15, 0.2) is 0 Å². The Bertz CT molecular complexity index is 1110. The third kappa shape index (κ3) is 5.23. The average molecular weight is 409 g/mol. The molecular formula is C23H24N2O3S. The number of carbonyl (C=O) groups excluding carboxylic acids is 1. The fourth-order valence-corrected chi connectivity index (χ4v) is 3.83. The fraction of sp³-hybridized carbons (Fsp3) is 0.174. The fourth-order valence-electron chi connectivity index (χ4n) is 2.95. The van der Waals surface area contributed by atoms with Crippen LogP contribution in [0, 0.1) is 13.8 Å². The Morgan fingerprint density at radius 3 is 2.10 bits per heavy atom. The van der Waals surface area contributed by atoms with Gasteiger partial charge in [0.1, 0.15) is 0 Å². The largest absolute Gasteiger partial charge is 0.322 e. The number of anilines is 2. The van der Waals surface area contributed by atoms with Crippen molar-refractivity contribution in [2.45, 2.75) is 20.4 Å². The zero-order valence-corrected chi connectivity index (χ0v) is 17.5. The molecule has 3 aromatic carbocycles. The molecule has 0 heterocycles. The lowest BCUT2D eigenvalue weighted by Crippen LogP contribution is -2.29. The Morgan fingerprint density at radius 1 is 0.897 bits per heavy atom. The number of sulfonamides is 1. The van der Waals surface area contributed by atoms with E-state index in [1.165, 1.54) is 10.6 Å². The molecule has 0 spiro atoms. The molecule has 0 unspecified atom stereocenters. The van der Waals surface area contributed by atoms with Gasteiger partial charge in [-0.2, -0.15) is 0 Å². The first-order chi connectivity index (χ1) is 13.7. The average Bonchev–Trinajstić information content (AvgIpc) is 2.68. The molecular weight excluding hydrogens is 384 g/mol. The van der Waals surface area contributed by atoms with Crippen LogP contribution in [-0.2, 0) is 16.6 Å². The van der Waals surface area contributed by atoms with Crippen LogP contribution >= 0.6 is 0 Å². The van der Waals surface area contributed by atoms with E-state index in [-0.39, 0.29) is 12.5 Å². The molecule has 3 aromatic rings. The molecule has 0 radical (unpaired) electrons. The molecule has 5 nitrogen and oxygen atoms in total. The molecule has 0 saturated carbocycles. The van der Waals surface area contributed by atoms with Crippen molar-refractivity contribution in [3.05, 3.63) is 95.1 Å². The van der Waals surface area contributed by atoms with Crippen molar-refractivity contribution >= 4 is 27.3 Å². The minimum atomic E-state index is -3.48. The second-order valence-corrected chi connectivity index (χ2v) is 8.98. The van der Waals surface area contributed by atoms with E-state index in [2.05, 4.69) is 5.32 Å². The molecule has 0 saturated heterocycles. The smallest absolute Gasteiger partial charge is 0.255 e. The highest BCUT2D eigenvalue weighted by Crippen LogP contribution is 2.22. The summed E-state index contributed by atoms with van der Waals surface area (Å²) in [4.78, 5) is 12.5. The molecule has 1 amide bonds. The highest BCUT2D eigenvalue weighted by molar-refractivity contribution is 7.92. The zero-order chi connectivity index (χ0) is 21.0. The van der Waals surface area contributed by atoms with Crippen LogP contribution < -0.4 is 9.62 Å². The van der Waals surface area contributed by atoms with Gasteiger partial charge in [0, 0.05) is 11.3 Å². The predicted molar refractivity (Wildman–Crippen MR) is 118 cm³/mol. The van der Waals surface area contributed by atoms with Crippen LogP contribution in [0.4, 0.5) is 11.4 Å². The second-order valence-electron chi connectivity index (χ2n) is 7.07. The van der Waals surface area contributed by atoms with E-state index in [9.17, 15) is 13.2 Å². The summed E-state index contributed by atoms with van der Waals surface area (Å²) in [7, 11) is -3.48. The van der Waals surface area contributed by atoms with Crippen LogP contribution in [0.25, 0.3) is 0 Å². The maximum atomic E-state index is 12.5. The molecule has 0 bridgehead atoms. The number of nitrogens with one attached hydrogen (secondary N) is 1. The van der Waals surface area contributed by atoms with Crippen LogP contribution in [-0.4, -0.2) is 20.6 Å². The van der Waals surface area contributed by atoms with Crippen molar-refractivity contribution in [2.24, 2.45) is 0 Å². The van der Waals surface area contributed by atoms with Gasteiger partial charge in [-0.15, -0.1) is 0 Å². The molecule has 6 heteroatoms. The second kappa shape index (κ2) is 8.49. The first kappa shape index (κ1) is 20.6. The lowest BCUT2D eigenvalue weighted by molar-refractivity contribution is 0.102. The summed E-state index contributed by atoms with van der Waals surface area (Å²) in [5.74, 6) is -0.240. The van der Waals surface area contributed by atoms with Crippen LogP contribution in [0.15, 0.2) is 72.8 Å². The highest BCUT2D eigenvalue weighted by Gasteiger charge is 2.18. The van der Waals surface area contributed by atoms with E-state index in [0.29, 0.717) is 11.3 Å². The van der Waals surface area contributed by atoms with Gasteiger partial charge in [0.2, 0.25) is 10.0 Å². The van der Waals surface area contributed by atoms with Gasteiger partial charge >= 0.3 is 0 Å². The molecule has 0 aromatic heterocycles. The molecule has 150 valence electrons. The van der Waals surface area contributed by atoms with Crippen molar-refractivity contribution in [3.63, 3.8) is 0 Å². The van der Waals surface area contributed by atoms with E-state index < -0.39 is 10.0 Å². The number of amides is 1. The Labute approximate surface area is 172 Å². The Morgan fingerprint density at radius 2 is 1.52 bits per heavy atom. The number of hydrogen-bond donors (Lipinski definition) is 1. The van der Waals surface area contributed by atoms with Crippen molar-refractivity contribution in [1.82, 2.24) is 0 Å². The highest BCUT2D eigenvalue weighted by atomic mass is 32.2. The Hall–Kier alpha value is -3.12. The van der Waals surface area contributed by atoms with E-state index in [4.69, 9.17) is 0 Å². The lowest BCUT2D eigenvalue weighted by Gasteiger charge is -2.23. The molecule has 0 fully saturated rings. The standard InChI is InChI=1S/C23H24N2O3S/c1-17-8-10-19(11-9-17)16-25(29(3,27)28)21-14-12-20(13-15-21)23(26)24-22-7-5-4-6-18(22)2/h4-15H,16H2,1-3H3,(H,24,26). The number of carbonyl (C=O) groups is 1. The van der Waals surface area contributed by atoms with Crippen molar-refractivity contribution in [2.75, 3.05) is 15.9 Å². The Kier molecular flexibility index (Phi) is 6.03. The van der Waals surface area contributed by atoms with Gasteiger partial charge < -0.3 is 5.32 Å². The first-order valence-corrected chi connectivity index (χ1v) is 11.1. The lowest BCUT2D eigenvalue weighted by atomic mass is 10.1.